The van der Waals surface area contributed by atoms with Crippen molar-refractivity contribution in [3.8, 4) is 0 Å². The Morgan fingerprint density at radius 2 is 1.88 bits per heavy atom. The molecule has 3 aromatic rings. The smallest absolute Gasteiger partial charge is 0.313 e. The Bertz CT molecular complexity index is 915. The van der Waals surface area contributed by atoms with E-state index in [9.17, 15) is 4.79 Å². The van der Waals surface area contributed by atoms with Crippen LogP contribution in [-0.4, -0.2) is 42.1 Å². The molecule has 1 unspecified atom stereocenters. The molecule has 3 rings (SSSR count). The minimum atomic E-state index is -0.300. The van der Waals surface area contributed by atoms with E-state index in [1.54, 1.807) is 0 Å². The van der Waals surface area contributed by atoms with Crippen LogP contribution in [0.3, 0.4) is 0 Å². The number of esters is 1. The van der Waals surface area contributed by atoms with Crippen molar-refractivity contribution in [2.75, 3.05) is 26.2 Å². The zero-order valence-corrected chi connectivity index (χ0v) is 16.3. The first kappa shape index (κ1) is 18.7. The minimum Gasteiger partial charge on any atom is -0.464 e. The van der Waals surface area contributed by atoms with Gasteiger partial charge in [-0.1, -0.05) is 37.6 Å². The number of rotatable bonds is 7. The van der Waals surface area contributed by atoms with Gasteiger partial charge in [0, 0.05) is 33.4 Å². The van der Waals surface area contributed by atoms with Crippen LogP contribution in [-0.2, 0) is 9.53 Å². The van der Waals surface area contributed by atoms with Crippen LogP contribution >= 0.6 is 11.6 Å². The van der Waals surface area contributed by atoms with E-state index in [0.717, 1.165) is 47.0 Å². The largest absolute Gasteiger partial charge is 0.464 e. The van der Waals surface area contributed by atoms with Crippen molar-refractivity contribution in [2.45, 2.75) is 26.7 Å². The van der Waals surface area contributed by atoms with E-state index in [-0.39, 0.29) is 11.9 Å². The highest BCUT2D eigenvalue weighted by Gasteiger charge is 2.18. The van der Waals surface area contributed by atoms with E-state index in [1.807, 2.05) is 43.3 Å². The van der Waals surface area contributed by atoms with E-state index in [2.05, 4.69) is 23.7 Å². The van der Waals surface area contributed by atoms with Gasteiger partial charge < -0.3 is 14.6 Å². The molecule has 0 saturated carbocycles. The van der Waals surface area contributed by atoms with Crippen molar-refractivity contribution in [2.24, 2.45) is 0 Å². The Kier molecular flexibility index (Phi) is 5.84. The van der Waals surface area contributed by atoms with Crippen molar-refractivity contribution in [1.82, 2.24) is 9.88 Å². The molecule has 1 N–H and O–H groups in total. The van der Waals surface area contributed by atoms with Crippen molar-refractivity contribution < 1.29 is 9.53 Å². The Hall–Kier alpha value is -2.04. The average molecular weight is 373 g/mol. The molecule has 0 amide bonds. The number of halogens is 1. The van der Waals surface area contributed by atoms with Gasteiger partial charge in [-0.3, -0.25) is 4.79 Å². The number of nitrogens with zero attached hydrogens (tertiary/aromatic N) is 1. The summed E-state index contributed by atoms with van der Waals surface area (Å²) in [5.74, 6) is -0.484. The van der Waals surface area contributed by atoms with E-state index in [1.165, 1.54) is 0 Å². The van der Waals surface area contributed by atoms with Gasteiger partial charge >= 0.3 is 5.97 Å². The molecular weight excluding hydrogens is 348 g/mol. The summed E-state index contributed by atoms with van der Waals surface area (Å²) >= 11 is 6.11. The predicted molar refractivity (Wildman–Crippen MR) is 108 cm³/mol. The highest BCUT2D eigenvalue weighted by atomic mass is 35.5. The number of hydrogen-bond acceptors (Lipinski definition) is 3. The number of likely N-dealkylation sites (N-methyl/N-ethyl adjacent to an activating group) is 1. The first-order chi connectivity index (χ1) is 12.5. The van der Waals surface area contributed by atoms with E-state index >= 15 is 0 Å². The third kappa shape index (κ3) is 3.87. The highest BCUT2D eigenvalue weighted by Crippen LogP contribution is 2.30. The van der Waals surface area contributed by atoms with E-state index < -0.39 is 0 Å². The molecule has 0 aliphatic rings. The number of aromatic nitrogens is 1. The highest BCUT2D eigenvalue weighted by molar-refractivity contribution is 6.31. The Morgan fingerprint density at radius 1 is 1.12 bits per heavy atom. The predicted octanol–water partition coefficient (Wildman–Crippen LogP) is 4.96. The van der Waals surface area contributed by atoms with Crippen molar-refractivity contribution in [1.29, 1.82) is 0 Å². The van der Waals surface area contributed by atoms with E-state index in [4.69, 9.17) is 16.3 Å². The Balaban J connectivity index is 1.74. The molecule has 2 aromatic carbocycles. The maximum Gasteiger partial charge on any atom is 0.313 e. The maximum atomic E-state index is 12.4. The topological polar surface area (TPSA) is 45.3 Å². The maximum absolute atomic E-state index is 12.4. The summed E-state index contributed by atoms with van der Waals surface area (Å²) in [5, 5.41) is 2.91. The number of carbonyl (C=O) groups excluding carboxylic acids is 1. The van der Waals surface area contributed by atoms with Gasteiger partial charge in [0.1, 0.15) is 6.61 Å². The number of aromatic amines is 1. The number of hydrogen-bond donors (Lipinski definition) is 1. The van der Waals surface area contributed by atoms with Gasteiger partial charge in [0.2, 0.25) is 0 Å². The molecule has 0 aliphatic carbocycles. The second-order valence-corrected chi connectivity index (χ2v) is 6.97. The minimum absolute atomic E-state index is 0.185. The van der Waals surface area contributed by atoms with Gasteiger partial charge in [0.15, 0.2) is 0 Å². The molecule has 5 heteroatoms. The molecule has 1 atom stereocenters. The van der Waals surface area contributed by atoms with Gasteiger partial charge in [-0.25, -0.2) is 0 Å². The van der Waals surface area contributed by atoms with Gasteiger partial charge in [-0.2, -0.15) is 0 Å². The molecule has 4 nitrogen and oxygen atoms in total. The van der Waals surface area contributed by atoms with Crippen LogP contribution in [0.25, 0.3) is 21.8 Å². The van der Waals surface area contributed by atoms with E-state index in [0.29, 0.717) is 11.6 Å². The number of ether oxygens (including phenoxy) is 1. The summed E-state index contributed by atoms with van der Waals surface area (Å²) in [6, 6.07) is 11.9. The molecule has 0 aliphatic heterocycles. The van der Waals surface area contributed by atoms with Crippen LogP contribution in [0.4, 0.5) is 0 Å². The molecule has 26 heavy (non-hydrogen) atoms. The Morgan fingerprint density at radius 3 is 2.62 bits per heavy atom. The van der Waals surface area contributed by atoms with Crippen LogP contribution in [0, 0.1) is 0 Å². The lowest BCUT2D eigenvalue weighted by molar-refractivity contribution is -0.145. The van der Waals surface area contributed by atoms with Gasteiger partial charge in [-0.15, -0.1) is 0 Å². The summed E-state index contributed by atoms with van der Waals surface area (Å²) < 4.78 is 5.47. The first-order valence-corrected chi connectivity index (χ1v) is 9.51. The fraction of sp³-hybridized carbons (Fsp3) is 0.381. The molecular formula is C21H25ClN2O2. The first-order valence-electron chi connectivity index (χ1n) is 9.13. The van der Waals surface area contributed by atoms with Gasteiger partial charge in [0.05, 0.1) is 5.92 Å². The van der Waals surface area contributed by atoms with Crippen LogP contribution in [0.5, 0.6) is 0 Å². The lowest BCUT2D eigenvalue weighted by Gasteiger charge is -2.18. The monoisotopic (exact) mass is 372 g/mol. The number of benzene rings is 2. The Labute approximate surface area is 159 Å². The number of fused-ring (bicyclic) bond motifs is 3. The van der Waals surface area contributed by atoms with Crippen LogP contribution in [0.15, 0.2) is 36.4 Å². The van der Waals surface area contributed by atoms with Gasteiger partial charge in [0.25, 0.3) is 0 Å². The lowest BCUT2D eigenvalue weighted by Crippen LogP contribution is -2.28. The number of nitrogens with one attached hydrogen (secondary N) is 1. The molecule has 138 valence electrons. The molecule has 0 radical (unpaired) electrons. The molecule has 1 aromatic heterocycles. The van der Waals surface area contributed by atoms with Crippen LogP contribution in [0.1, 0.15) is 32.3 Å². The quantitative estimate of drug-likeness (QED) is 0.596. The summed E-state index contributed by atoms with van der Waals surface area (Å²) in [7, 11) is 0. The summed E-state index contributed by atoms with van der Waals surface area (Å²) in [6.07, 6.45) is 0. The number of carbonyl (C=O) groups is 1. The zero-order chi connectivity index (χ0) is 18.7. The number of H-pyrrole nitrogens is 1. The molecule has 1 heterocycles. The summed E-state index contributed by atoms with van der Waals surface area (Å²) in [5.41, 5.74) is 2.99. The lowest BCUT2D eigenvalue weighted by atomic mass is 9.99. The summed E-state index contributed by atoms with van der Waals surface area (Å²) in [6.45, 7) is 9.23. The van der Waals surface area contributed by atoms with Crippen molar-refractivity contribution >= 4 is 39.4 Å². The van der Waals surface area contributed by atoms with Crippen LogP contribution in [0.2, 0.25) is 5.02 Å². The fourth-order valence-corrected chi connectivity index (χ4v) is 3.41. The van der Waals surface area contributed by atoms with Crippen molar-refractivity contribution in [3.63, 3.8) is 0 Å². The molecule has 0 bridgehead atoms. The van der Waals surface area contributed by atoms with Crippen molar-refractivity contribution in [3.05, 3.63) is 47.0 Å². The standard InChI is InChI=1S/C21H25ClN2O2/c1-4-24(5-2)10-11-26-21(25)14(3)15-6-8-17-18-13-16(22)7-9-19(18)23-20(17)12-15/h6-9,12-14,23H,4-5,10-11H2,1-3H3. The molecule has 0 saturated heterocycles. The van der Waals surface area contributed by atoms with Crippen LogP contribution < -0.4 is 0 Å². The third-order valence-corrected chi connectivity index (χ3v) is 5.22. The third-order valence-electron chi connectivity index (χ3n) is 4.98. The second-order valence-electron chi connectivity index (χ2n) is 6.54. The second kappa shape index (κ2) is 8.11. The average Bonchev–Trinajstić information content (AvgIpc) is 3.01. The zero-order valence-electron chi connectivity index (χ0n) is 15.5. The molecule has 0 fully saturated rings. The molecule has 0 spiro atoms. The normalized spacial score (nSPS) is 12.8. The fourth-order valence-electron chi connectivity index (χ4n) is 3.24. The van der Waals surface area contributed by atoms with Gasteiger partial charge in [-0.05, 0) is 49.8 Å². The summed E-state index contributed by atoms with van der Waals surface area (Å²) in [4.78, 5) is 18.0. The SMILES string of the molecule is CCN(CC)CCOC(=O)C(C)c1ccc2c(c1)[nH]c1ccc(Cl)cc12.